The van der Waals surface area contributed by atoms with E-state index in [-0.39, 0.29) is 41.7 Å². The molecule has 0 saturated carbocycles. The largest absolute Gasteiger partial charge is 0.488 e. The molecule has 0 spiro atoms. The molecule has 4 rings (SSSR count). The number of halogens is 2. The minimum Gasteiger partial charge on any atom is -0.488 e. The van der Waals surface area contributed by atoms with Gasteiger partial charge in [-0.3, -0.25) is 4.79 Å². The lowest BCUT2D eigenvalue weighted by Gasteiger charge is -2.14. The summed E-state index contributed by atoms with van der Waals surface area (Å²) in [6, 6.07) is 9.26. The number of methoxy groups -OCH3 is 1. The molecule has 4 aromatic rings. The molecule has 10 heteroatoms. The molecule has 0 bridgehead atoms. The van der Waals surface area contributed by atoms with E-state index in [9.17, 15) is 9.18 Å². The highest BCUT2D eigenvalue weighted by molar-refractivity contribution is 9.10. The van der Waals surface area contributed by atoms with Crippen molar-refractivity contribution in [2.45, 2.75) is 6.61 Å². The van der Waals surface area contributed by atoms with E-state index in [1.807, 2.05) is 0 Å². The van der Waals surface area contributed by atoms with Gasteiger partial charge in [0.15, 0.2) is 18.2 Å². The molecule has 2 aromatic carbocycles. The number of rotatable bonds is 7. The molecule has 2 aromatic heterocycles. The number of fused-ring (bicyclic) bond motifs is 1. The molecule has 8 nitrogen and oxygen atoms in total. The summed E-state index contributed by atoms with van der Waals surface area (Å²) in [5.74, 6) is 0.313. The van der Waals surface area contributed by atoms with Crippen molar-refractivity contribution in [3.05, 3.63) is 68.8 Å². The summed E-state index contributed by atoms with van der Waals surface area (Å²) in [6.07, 6.45) is 1.34. The molecule has 0 unspecified atom stereocenters. The quantitative estimate of drug-likeness (QED) is 0.361. The van der Waals surface area contributed by atoms with Crippen LogP contribution >= 0.6 is 15.9 Å². The summed E-state index contributed by atoms with van der Waals surface area (Å²) in [5.41, 5.74) is 0.560. The second-order valence-corrected chi connectivity index (χ2v) is 7.37. The fourth-order valence-corrected chi connectivity index (χ4v) is 3.39. The Bertz CT molecular complexity index is 1290. The lowest BCUT2D eigenvalue weighted by Crippen LogP contribution is -2.14. The van der Waals surface area contributed by atoms with Crippen LogP contribution in [0.25, 0.3) is 22.6 Å². The van der Waals surface area contributed by atoms with Crippen molar-refractivity contribution in [3.8, 4) is 23.1 Å². The van der Waals surface area contributed by atoms with Crippen molar-refractivity contribution >= 4 is 26.9 Å². The van der Waals surface area contributed by atoms with Crippen molar-refractivity contribution in [1.29, 1.82) is 0 Å². The second kappa shape index (κ2) is 8.86. The van der Waals surface area contributed by atoms with Crippen LogP contribution in [0.3, 0.4) is 0 Å². The standard InChI is InChI=1S/C21H17BrFN3O5/c1-26-21(24-10-25-26)20-19(30-11-28-2)17(27)16-15(8-7-14(22)18(16)31-20)29-9-12-3-5-13(23)6-4-12/h3-8,10H,9,11H2,1-2H3. The normalized spacial score (nSPS) is 11.1. The summed E-state index contributed by atoms with van der Waals surface area (Å²) >= 11 is 3.42. The van der Waals surface area contributed by atoms with Crippen molar-refractivity contribution < 1.29 is 23.0 Å². The monoisotopic (exact) mass is 489 g/mol. The van der Waals surface area contributed by atoms with E-state index in [1.54, 1.807) is 31.3 Å². The maximum Gasteiger partial charge on any atom is 0.239 e. The van der Waals surface area contributed by atoms with Crippen LogP contribution < -0.4 is 14.9 Å². The minimum atomic E-state index is -0.452. The van der Waals surface area contributed by atoms with Gasteiger partial charge in [0, 0.05) is 14.2 Å². The average molecular weight is 490 g/mol. The van der Waals surface area contributed by atoms with Gasteiger partial charge < -0.3 is 18.6 Å². The second-order valence-electron chi connectivity index (χ2n) is 6.51. The van der Waals surface area contributed by atoms with Gasteiger partial charge in [0.05, 0.1) is 4.47 Å². The van der Waals surface area contributed by atoms with Gasteiger partial charge in [-0.05, 0) is 45.8 Å². The molecule has 0 aliphatic carbocycles. The number of hydrogen-bond acceptors (Lipinski definition) is 7. The number of aryl methyl sites for hydroxylation is 1. The third-order valence-electron chi connectivity index (χ3n) is 4.46. The fourth-order valence-electron chi connectivity index (χ4n) is 2.98. The van der Waals surface area contributed by atoms with Crippen molar-refractivity contribution in [2.24, 2.45) is 7.05 Å². The topological polar surface area (TPSA) is 88.6 Å². The first-order chi connectivity index (χ1) is 15.0. The molecule has 0 amide bonds. The Morgan fingerprint density at radius 2 is 1.94 bits per heavy atom. The molecule has 0 N–H and O–H groups in total. The Hall–Kier alpha value is -3.24. The number of ether oxygens (including phenoxy) is 3. The van der Waals surface area contributed by atoms with Crippen LogP contribution in [-0.2, 0) is 18.4 Å². The third-order valence-corrected chi connectivity index (χ3v) is 5.08. The summed E-state index contributed by atoms with van der Waals surface area (Å²) < 4.78 is 37.6. The molecular weight excluding hydrogens is 473 g/mol. The predicted octanol–water partition coefficient (Wildman–Crippen LogP) is 4.05. The van der Waals surface area contributed by atoms with E-state index in [0.29, 0.717) is 16.0 Å². The first-order valence-electron chi connectivity index (χ1n) is 9.12. The summed E-state index contributed by atoms with van der Waals surface area (Å²) in [4.78, 5) is 17.6. The molecule has 0 aliphatic rings. The maximum absolute atomic E-state index is 13.4. The van der Waals surface area contributed by atoms with Gasteiger partial charge in [-0.2, -0.15) is 5.10 Å². The van der Waals surface area contributed by atoms with E-state index in [1.165, 1.54) is 30.3 Å². The van der Waals surface area contributed by atoms with Crippen LogP contribution in [0.5, 0.6) is 11.5 Å². The summed E-state index contributed by atoms with van der Waals surface area (Å²) in [7, 11) is 3.11. The van der Waals surface area contributed by atoms with Crippen LogP contribution in [0.2, 0.25) is 0 Å². The van der Waals surface area contributed by atoms with Gasteiger partial charge in [0.25, 0.3) is 0 Å². The first-order valence-corrected chi connectivity index (χ1v) is 9.91. The van der Waals surface area contributed by atoms with Crippen molar-refractivity contribution in [1.82, 2.24) is 14.8 Å². The highest BCUT2D eigenvalue weighted by Crippen LogP contribution is 2.36. The molecule has 0 radical (unpaired) electrons. The van der Waals surface area contributed by atoms with Gasteiger partial charge in [-0.1, -0.05) is 12.1 Å². The minimum absolute atomic E-state index is 0.0739. The van der Waals surface area contributed by atoms with Gasteiger partial charge in [0.1, 0.15) is 29.9 Å². The Kier molecular flexibility index (Phi) is 6.01. The van der Waals surface area contributed by atoms with Crippen LogP contribution in [0.15, 0.2) is 56.4 Å². The molecule has 0 aliphatic heterocycles. The Morgan fingerprint density at radius 1 is 1.16 bits per heavy atom. The number of hydrogen-bond donors (Lipinski definition) is 0. The lowest BCUT2D eigenvalue weighted by molar-refractivity contribution is 0.0497. The van der Waals surface area contributed by atoms with Crippen LogP contribution in [0.1, 0.15) is 5.56 Å². The predicted molar refractivity (Wildman–Crippen MR) is 113 cm³/mol. The highest BCUT2D eigenvalue weighted by atomic mass is 79.9. The van der Waals surface area contributed by atoms with Crippen LogP contribution in [0, 0.1) is 5.82 Å². The van der Waals surface area contributed by atoms with Crippen LogP contribution in [0.4, 0.5) is 4.39 Å². The summed E-state index contributed by atoms with van der Waals surface area (Å²) in [6.45, 7) is -0.0311. The molecule has 0 fully saturated rings. The molecular formula is C21H17BrFN3O5. The first kappa shape index (κ1) is 21.0. The highest BCUT2D eigenvalue weighted by Gasteiger charge is 2.24. The fraction of sp³-hybridized carbons (Fsp3) is 0.190. The number of nitrogens with zero attached hydrogens (tertiary/aromatic N) is 3. The zero-order valence-corrected chi connectivity index (χ0v) is 18.2. The van der Waals surface area contributed by atoms with E-state index < -0.39 is 5.43 Å². The van der Waals surface area contributed by atoms with Crippen molar-refractivity contribution in [2.75, 3.05) is 13.9 Å². The van der Waals surface area contributed by atoms with Gasteiger partial charge in [0.2, 0.25) is 16.9 Å². The van der Waals surface area contributed by atoms with Crippen molar-refractivity contribution in [3.63, 3.8) is 0 Å². The van der Waals surface area contributed by atoms with Gasteiger partial charge >= 0.3 is 0 Å². The molecule has 0 saturated heterocycles. The van der Waals surface area contributed by atoms with E-state index in [2.05, 4.69) is 26.0 Å². The van der Waals surface area contributed by atoms with E-state index >= 15 is 0 Å². The zero-order chi connectivity index (χ0) is 22.0. The lowest BCUT2D eigenvalue weighted by atomic mass is 10.1. The SMILES string of the molecule is COCOc1c(-c2ncnn2C)oc2c(Br)ccc(OCc3ccc(F)cc3)c2c1=O. The maximum atomic E-state index is 13.4. The molecule has 31 heavy (non-hydrogen) atoms. The van der Waals surface area contributed by atoms with Gasteiger partial charge in [-0.15, -0.1) is 0 Å². The average Bonchev–Trinajstić information content (AvgIpc) is 3.19. The van der Waals surface area contributed by atoms with Crippen LogP contribution in [-0.4, -0.2) is 28.7 Å². The number of aromatic nitrogens is 3. The Labute approximate surface area is 184 Å². The number of benzene rings is 2. The Balaban J connectivity index is 1.85. The third kappa shape index (κ3) is 4.17. The molecule has 2 heterocycles. The molecule has 160 valence electrons. The zero-order valence-electron chi connectivity index (χ0n) is 16.6. The Morgan fingerprint density at radius 3 is 2.61 bits per heavy atom. The summed E-state index contributed by atoms with van der Waals surface area (Å²) in [5, 5.41) is 4.22. The van der Waals surface area contributed by atoms with Gasteiger partial charge in [-0.25, -0.2) is 14.1 Å². The van der Waals surface area contributed by atoms with E-state index in [0.717, 1.165) is 5.56 Å². The molecule has 0 atom stereocenters. The van der Waals surface area contributed by atoms with E-state index in [4.69, 9.17) is 18.6 Å². The smallest absolute Gasteiger partial charge is 0.239 e.